The Hall–Kier alpha value is -1.23. The van der Waals surface area contributed by atoms with Gasteiger partial charge in [-0.05, 0) is 32.8 Å². The Morgan fingerprint density at radius 1 is 1.26 bits per heavy atom. The fourth-order valence-corrected chi connectivity index (χ4v) is 1.97. The van der Waals surface area contributed by atoms with Crippen LogP contribution < -0.4 is 10.1 Å². The van der Waals surface area contributed by atoms with E-state index in [9.17, 15) is 13.2 Å². The van der Waals surface area contributed by atoms with Crippen molar-refractivity contribution >= 4 is 0 Å². The molecule has 1 aliphatic rings. The summed E-state index contributed by atoms with van der Waals surface area (Å²) in [5.41, 5.74) is -0.926. The van der Waals surface area contributed by atoms with E-state index in [2.05, 4.69) is 5.32 Å². The molecule has 0 amide bonds. The molecule has 0 aromatic heterocycles. The molecule has 0 aliphatic heterocycles. The van der Waals surface area contributed by atoms with Crippen molar-refractivity contribution in [1.82, 2.24) is 5.32 Å². The predicted octanol–water partition coefficient (Wildman–Crippen LogP) is 3.66. The van der Waals surface area contributed by atoms with Gasteiger partial charge < -0.3 is 4.74 Å². The Kier molecular flexibility index (Phi) is 3.76. The van der Waals surface area contributed by atoms with Gasteiger partial charge in [-0.25, -0.2) is 0 Å². The molecular formula is C14H18F3NO. The van der Waals surface area contributed by atoms with Gasteiger partial charge in [0, 0.05) is 12.1 Å². The smallest absolute Gasteiger partial charge is 0.406 e. The van der Waals surface area contributed by atoms with Crippen LogP contribution in [-0.2, 0) is 6.54 Å². The summed E-state index contributed by atoms with van der Waals surface area (Å²) in [6.07, 6.45) is -3.87. The van der Waals surface area contributed by atoms with Gasteiger partial charge in [0.15, 0.2) is 0 Å². The number of benzene rings is 1. The lowest BCUT2D eigenvalue weighted by Crippen LogP contribution is -2.44. The van der Waals surface area contributed by atoms with Crippen molar-refractivity contribution in [3.05, 3.63) is 29.8 Å². The topological polar surface area (TPSA) is 21.3 Å². The zero-order valence-corrected chi connectivity index (χ0v) is 11.1. The van der Waals surface area contributed by atoms with Gasteiger partial charge in [0.25, 0.3) is 0 Å². The van der Waals surface area contributed by atoms with Gasteiger partial charge in [0.2, 0.25) is 0 Å². The van der Waals surface area contributed by atoms with Crippen molar-refractivity contribution in [3.63, 3.8) is 0 Å². The highest BCUT2D eigenvalue weighted by atomic mass is 19.4. The molecule has 0 saturated heterocycles. The summed E-state index contributed by atoms with van der Waals surface area (Å²) in [5, 5.41) is 2.63. The van der Waals surface area contributed by atoms with Crippen molar-refractivity contribution in [3.8, 4) is 5.75 Å². The zero-order chi connectivity index (χ0) is 14.1. The van der Waals surface area contributed by atoms with Gasteiger partial charge >= 0.3 is 6.18 Å². The molecule has 0 atom stereocenters. The molecular weight excluding hydrogens is 255 g/mol. The molecule has 19 heavy (non-hydrogen) atoms. The van der Waals surface area contributed by atoms with E-state index < -0.39 is 11.7 Å². The Bertz CT molecular complexity index is 439. The van der Waals surface area contributed by atoms with Crippen molar-refractivity contribution < 1.29 is 17.9 Å². The standard InChI is InChI=1S/C14H18F3NO/c1-10(2)19-12-6-4-3-5-11(12)9-18-13(7-8-13)14(15,16)17/h3-6,10,18H,7-9H2,1-2H3. The van der Waals surface area contributed by atoms with Gasteiger partial charge in [-0.1, -0.05) is 18.2 Å². The summed E-state index contributed by atoms with van der Waals surface area (Å²) in [4.78, 5) is 0. The SMILES string of the molecule is CC(C)Oc1ccccc1CNC1(C(F)(F)F)CC1. The summed E-state index contributed by atoms with van der Waals surface area (Å²) in [7, 11) is 0. The molecule has 1 saturated carbocycles. The zero-order valence-electron chi connectivity index (χ0n) is 11.1. The monoisotopic (exact) mass is 273 g/mol. The van der Waals surface area contributed by atoms with Crippen LogP contribution in [0.2, 0.25) is 0 Å². The van der Waals surface area contributed by atoms with Crippen LogP contribution in [0.15, 0.2) is 24.3 Å². The fraction of sp³-hybridized carbons (Fsp3) is 0.571. The minimum atomic E-state index is -4.18. The molecule has 1 N–H and O–H groups in total. The largest absolute Gasteiger partial charge is 0.491 e. The Labute approximate surface area is 111 Å². The maximum Gasteiger partial charge on any atom is 0.406 e. The Balaban J connectivity index is 2.04. The molecule has 0 bridgehead atoms. The third-order valence-electron chi connectivity index (χ3n) is 3.25. The molecule has 0 unspecified atom stereocenters. The number of rotatable bonds is 5. The molecule has 2 rings (SSSR count). The van der Waals surface area contributed by atoms with Crippen LogP contribution in [0, 0.1) is 0 Å². The number of hydrogen-bond donors (Lipinski definition) is 1. The third kappa shape index (κ3) is 3.21. The number of para-hydroxylation sites is 1. The van der Waals surface area contributed by atoms with Gasteiger partial charge in [-0.2, -0.15) is 13.2 Å². The summed E-state index contributed by atoms with van der Waals surface area (Å²) in [6, 6.07) is 7.19. The highest BCUT2D eigenvalue weighted by molar-refractivity contribution is 5.33. The Morgan fingerprint density at radius 3 is 2.42 bits per heavy atom. The first-order chi connectivity index (χ1) is 8.84. The number of halogens is 3. The molecule has 106 valence electrons. The first-order valence-corrected chi connectivity index (χ1v) is 6.40. The molecule has 2 nitrogen and oxygen atoms in total. The minimum Gasteiger partial charge on any atom is -0.491 e. The summed E-state index contributed by atoms with van der Waals surface area (Å²) in [6.45, 7) is 3.95. The summed E-state index contributed by atoms with van der Waals surface area (Å²) < 4.78 is 44.0. The third-order valence-corrected chi connectivity index (χ3v) is 3.25. The van der Waals surface area contributed by atoms with E-state index >= 15 is 0 Å². The van der Waals surface area contributed by atoms with Crippen molar-refractivity contribution in [2.75, 3.05) is 0 Å². The molecule has 0 spiro atoms. The van der Waals surface area contributed by atoms with E-state index in [-0.39, 0.29) is 25.5 Å². The highest BCUT2D eigenvalue weighted by Crippen LogP contribution is 2.49. The molecule has 1 aromatic carbocycles. The summed E-state index contributed by atoms with van der Waals surface area (Å²) in [5.74, 6) is 0.642. The lowest BCUT2D eigenvalue weighted by atomic mass is 10.1. The average Bonchev–Trinajstić information content (AvgIpc) is 3.07. The molecule has 1 fully saturated rings. The molecule has 0 radical (unpaired) electrons. The van der Waals surface area contributed by atoms with Crippen LogP contribution in [0.5, 0.6) is 5.75 Å². The highest BCUT2D eigenvalue weighted by Gasteiger charge is 2.62. The van der Waals surface area contributed by atoms with Crippen LogP contribution in [-0.4, -0.2) is 17.8 Å². The minimum absolute atomic E-state index is 0.00125. The van der Waals surface area contributed by atoms with E-state index in [4.69, 9.17) is 4.74 Å². The second-order valence-electron chi connectivity index (χ2n) is 5.21. The van der Waals surface area contributed by atoms with Crippen LogP contribution in [0.3, 0.4) is 0 Å². The molecule has 5 heteroatoms. The van der Waals surface area contributed by atoms with Crippen molar-refractivity contribution in [2.24, 2.45) is 0 Å². The van der Waals surface area contributed by atoms with Gasteiger partial charge in [0.1, 0.15) is 11.3 Å². The fourth-order valence-electron chi connectivity index (χ4n) is 1.97. The normalized spacial score (nSPS) is 17.6. The van der Waals surface area contributed by atoms with E-state index in [0.717, 1.165) is 5.56 Å². The second kappa shape index (κ2) is 5.04. The van der Waals surface area contributed by atoms with Gasteiger partial charge in [-0.3, -0.25) is 5.32 Å². The average molecular weight is 273 g/mol. The first-order valence-electron chi connectivity index (χ1n) is 6.40. The van der Waals surface area contributed by atoms with Gasteiger partial charge in [0.05, 0.1) is 6.10 Å². The van der Waals surface area contributed by atoms with Crippen LogP contribution in [0.25, 0.3) is 0 Å². The molecule has 1 aliphatic carbocycles. The lowest BCUT2D eigenvalue weighted by Gasteiger charge is -2.22. The number of alkyl halides is 3. The van der Waals surface area contributed by atoms with Crippen molar-refractivity contribution in [1.29, 1.82) is 0 Å². The molecule has 0 heterocycles. The second-order valence-corrected chi connectivity index (χ2v) is 5.21. The number of nitrogens with one attached hydrogen (secondary N) is 1. The van der Waals surface area contributed by atoms with E-state index in [1.165, 1.54) is 0 Å². The number of hydrogen-bond acceptors (Lipinski definition) is 2. The van der Waals surface area contributed by atoms with Crippen LogP contribution in [0.1, 0.15) is 32.3 Å². The predicted molar refractivity (Wildman–Crippen MR) is 67.1 cm³/mol. The lowest BCUT2D eigenvalue weighted by molar-refractivity contribution is -0.166. The maximum absolute atomic E-state index is 12.8. The van der Waals surface area contributed by atoms with Crippen LogP contribution in [0.4, 0.5) is 13.2 Å². The van der Waals surface area contributed by atoms with Crippen molar-refractivity contribution in [2.45, 2.75) is 51.1 Å². The Morgan fingerprint density at radius 2 is 1.89 bits per heavy atom. The summed E-state index contributed by atoms with van der Waals surface area (Å²) >= 11 is 0. The quantitative estimate of drug-likeness (QED) is 0.884. The van der Waals surface area contributed by atoms with E-state index in [0.29, 0.717) is 5.75 Å². The number of ether oxygens (including phenoxy) is 1. The molecule has 1 aromatic rings. The first kappa shape index (κ1) is 14.2. The van der Waals surface area contributed by atoms with E-state index in [1.54, 1.807) is 18.2 Å². The van der Waals surface area contributed by atoms with Crippen LogP contribution >= 0.6 is 0 Å². The van der Waals surface area contributed by atoms with E-state index in [1.807, 2.05) is 19.9 Å². The maximum atomic E-state index is 12.8. The van der Waals surface area contributed by atoms with Gasteiger partial charge in [-0.15, -0.1) is 0 Å².